The van der Waals surface area contributed by atoms with E-state index in [1.165, 1.54) is 18.2 Å². The van der Waals surface area contributed by atoms with Gasteiger partial charge in [-0.2, -0.15) is 0 Å². The highest BCUT2D eigenvalue weighted by molar-refractivity contribution is 9.10. The van der Waals surface area contributed by atoms with Crippen LogP contribution in [0.1, 0.15) is 18.0 Å². The average Bonchev–Trinajstić information content (AvgIpc) is 2.64. The monoisotopic (exact) mass is 446 g/mol. The first-order valence-electron chi connectivity index (χ1n) is 9.06. The Morgan fingerprint density at radius 2 is 2.07 bits per heavy atom. The number of carbonyl (C=O) groups excluding carboxylic acids is 1. The van der Waals surface area contributed by atoms with Crippen molar-refractivity contribution in [3.05, 3.63) is 67.0 Å². The van der Waals surface area contributed by atoms with Gasteiger partial charge in [0, 0.05) is 53.9 Å². The van der Waals surface area contributed by atoms with Crippen LogP contribution in [0.3, 0.4) is 0 Å². The second-order valence-corrected chi connectivity index (χ2v) is 8.22. The molecule has 1 fully saturated rings. The van der Waals surface area contributed by atoms with E-state index >= 15 is 0 Å². The summed E-state index contributed by atoms with van der Waals surface area (Å²) in [7, 11) is 0. The molecule has 4 rings (SSSR count). The molecule has 28 heavy (non-hydrogen) atoms. The molecule has 0 radical (unpaired) electrons. The fourth-order valence-electron chi connectivity index (χ4n) is 4.24. The highest BCUT2D eigenvalue weighted by atomic mass is 79.9. The Labute approximate surface area is 169 Å². The van der Waals surface area contributed by atoms with E-state index in [4.69, 9.17) is 0 Å². The molecule has 3 heterocycles. The van der Waals surface area contributed by atoms with Crippen molar-refractivity contribution in [2.75, 3.05) is 25.0 Å². The van der Waals surface area contributed by atoms with E-state index in [9.17, 15) is 19.7 Å². The van der Waals surface area contributed by atoms with Gasteiger partial charge in [0.15, 0.2) is 0 Å². The van der Waals surface area contributed by atoms with Crippen LogP contribution in [-0.2, 0) is 11.3 Å². The highest BCUT2D eigenvalue weighted by Crippen LogP contribution is 2.35. The SMILES string of the molecule is O=C(CN1C[C@@H]2C[C@H](C1)c1cccc(=O)n1C2)Nc1ccc([N+](=O)[O-])cc1Br. The molecular formula is C19H19BrN4O4. The Kier molecular flexibility index (Phi) is 5.03. The number of likely N-dealkylation sites (tertiary alicyclic amines) is 1. The van der Waals surface area contributed by atoms with Gasteiger partial charge in [-0.1, -0.05) is 6.07 Å². The maximum atomic E-state index is 12.5. The van der Waals surface area contributed by atoms with Crippen LogP contribution < -0.4 is 10.9 Å². The third-order valence-corrected chi connectivity index (χ3v) is 6.02. The minimum atomic E-state index is -0.480. The van der Waals surface area contributed by atoms with E-state index in [0.717, 1.165) is 25.2 Å². The van der Waals surface area contributed by atoms with E-state index in [0.29, 0.717) is 22.6 Å². The molecule has 0 spiro atoms. The number of aromatic nitrogens is 1. The predicted molar refractivity (Wildman–Crippen MR) is 107 cm³/mol. The first-order valence-corrected chi connectivity index (χ1v) is 9.86. The molecule has 2 aliphatic rings. The number of non-ortho nitro benzene ring substituents is 1. The minimum Gasteiger partial charge on any atom is -0.324 e. The van der Waals surface area contributed by atoms with Crippen molar-refractivity contribution in [1.29, 1.82) is 0 Å². The molecule has 1 aromatic heterocycles. The Bertz CT molecular complexity index is 1010. The summed E-state index contributed by atoms with van der Waals surface area (Å²) in [5.74, 6) is 0.436. The van der Waals surface area contributed by atoms with E-state index < -0.39 is 4.92 Å². The third-order valence-electron chi connectivity index (χ3n) is 5.36. The fourth-order valence-corrected chi connectivity index (χ4v) is 4.70. The van der Waals surface area contributed by atoms with Crippen molar-refractivity contribution < 1.29 is 9.72 Å². The smallest absolute Gasteiger partial charge is 0.270 e. The van der Waals surface area contributed by atoms with Crippen molar-refractivity contribution in [3.63, 3.8) is 0 Å². The highest BCUT2D eigenvalue weighted by Gasteiger charge is 2.34. The zero-order valence-corrected chi connectivity index (χ0v) is 16.6. The number of pyridine rings is 1. The molecule has 0 saturated carbocycles. The summed E-state index contributed by atoms with van der Waals surface area (Å²) < 4.78 is 2.34. The Balaban J connectivity index is 1.43. The molecule has 2 aliphatic heterocycles. The lowest BCUT2D eigenvalue weighted by molar-refractivity contribution is -0.384. The minimum absolute atomic E-state index is 0.0392. The van der Waals surface area contributed by atoms with Gasteiger partial charge in [0.05, 0.1) is 17.2 Å². The number of carbonyl (C=O) groups is 1. The van der Waals surface area contributed by atoms with Crippen LogP contribution in [0.25, 0.3) is 0 Å². The van der Waals surface area contributed by atoms with Crippen LogP contribution in [0, 0.1) is 16.0 Å². The molecule has 1 N–H and O–H groups in total. The van der Waals surface area contributed by atoms with Crippen molar-refractivity contribution in [3.8, 4) is 0 Å². The summed E-state index contributed by atoms with van der Waals surface area (Å²) in [5.41, 5.74) is 1.56. The standard InChI is InChI=1S/C19H19BrN4O4/c20-15-7-14(24(27)28)4-5-16(15)21-18(25)11-22-8-12-6-13(10-22)17-2-1-3-19(26)23(17)9-12/h1-5,7,12-13H,6,8-11H2,(H,21,25)/t12-,13+/m0/s1. The maximum Gasteiger partial charge on any atom is 0.270 e. The summed E-state index contributed by atoms with van der Waals surface area (Å²) >= 11 is 3.27. The largest absolute Gasteiger partial charge is 0.324 e. The predicted octanol–water partition coefficient (Wildman–Crippen LogP) is 2.58. The number of nitrogens with one attached hydrogen (secondary N) is 1. The van der Waals surface area contributed by atoms with Gasteiger partial charge in [0.25, 0.3) is 11.2 Å². The van der Waals surface area contributed by atoms with Crippen LogP contribution >= 0.6 is 15.9 Å². The number of halogens is 1. The number of rotatable bonds is 4. The number of hydrogen-bond acceptors (Lipinski definition) is 5. The Morgan fingerprint density at radius 3 is 2.82 bits per heavy atom. The number of nitrogens with zero attached hydrogens (tertiary/aromatic N) is 3. The summed E-state index contributed by atoms with van der Waals surface area (Å²) in [5, 5.41) is 13.6. The quantitative estimate of drug-likeness (QED) is 0.574. The van der Waals surface area contributed by atoms with Gasteiger partial charge < -0.3 is 9.88 Å². The summed E-state index contributed by atoms with van der Waals surface area (Å²) in [6.45, 7) is 2.44. The second kappa shape index (κ2) is 7.48. The lowest BCUT2D eigenvalue weighted by Crippen LogP contribution is -2.49. The molecular weight excluding hydrogens is 428 g/mol. The van der Waals surface area contributed by atoms with Crippen LogP contribution in [0.4, 0.5) is 11.4 Å². The molecule has 9 heteroatoms. The van der Waals surface area contributed by atoms with Crippen LogP contribution in [0.15, 0.2) is 45.7 Å². The van der Waals surface area contributed by atoms with Gasteiger partial charge >= 0.3 is 0 Å². The van der Waals surface area contributed by atoms with Crippen molar-refractivity contribution in [2.45, 2.75) is 18.9 Å². The average molecular weight is 447 g/mol. The first kappa shape index (κ1) is 18.8. The van der Waals surface area contributed by atoms with E-state index in [1.54, 1.807) is 12.1 Å². The van der Waals surface area contributed by atoms with Crippen LogP contribution in [-0.4, -0.2) is 39.9 Å². The molecule has 8 nitrogen and oxygen atoms in total. The number of hydrogen-bond donors (Lipinski definition) is 1. The van der Waals surface area contributed by atoms with Crippen molar-refractivity contribution >= 4 is 33.2 Å². The number of anilines is 1. The lowest BCUT2D eigenvalue weighted by atomic mass is 9.83. The van der Waals surface area contributed by atoms with Gasteiger partial charge in [-0.05, 0) is 40.4 Å². The fraction of sp³-hybridized carbons (Fsp3) is 0.368. The van der Waals surface area contributed by atoms with Crippen LogP contribution in [0.5, 0.6) is 0 Å². The molecule has 146 valence electrons. The number of nitro groups is 1. The topological polar surface area (TPSA) is 97.5 Å². The Morgan fingerprint density at radius 1 is 1.25 bits per heavy atom. The van der Waals surface area contributed by atoms with E-state index in [2.05, 4.69) is 26.1 Å². The van der Waals surface area contributed by atoms with Crippen LogP contribution in [0.2, 0.25) is 0 Å². The van der Waals surface area contributed by atoms with Gasteiger partial charge in [0.1, 0.15) is 0 Å². The zero-order chi connectivity index (χ0) is 19.8. The molecule has 1 saturated heterocycles. The molecule has 0 unspecified atom stereocenters. The van der Waals surface area contributed by atoms with Gasteiger partial charge in [-0.15, -0.1) is 0 Å². The first-order chi connectivity index (χ1) is 13.4. The number of amides is 1. The van der Waals surface area contributed by atoms with Gasteiger partial charge in [-0.3, -0.25) is 24.6 Å². The third kappa shape index (κ3) is 3.72. The summed E-state index contributed by atoms with van der Waals surface area (Å²) in [6.07, 6.45) is 1.04. The lowest BCUT2D eigenvalue weighted by Gasteiger charge is -2.42. The Hall–Kier alpha value is -2.52. The number of piperidine rings is 1. The summed E-state index contributed by atoms with van der Waals surface area (Å²) in [6, 6.07) is 9.65. The van der Waals surface area contributed by atoms with Crippen molar-refractivity contribution in [2.24, 2.45) is 5.92 Å². The van der Waals surface area contributed by atoms with Crippen molar-refractivity contribution in [1.82, 2.24) is 9.47 Å². The number of nitro benzene ring substituents is 1. The normalized spacial score (nSPS) is 21.0. The van der Waals surface area contributed by atoms with E-state index in [1.807, 2.05) is 10.6 Å². The molecule has 1 aromatic carbocycles. The summed E-state index contributed by atoms with van der Waals surface area (Å²) in [4.78, 5) is 37.1. The molecule has 2 bridgehead atoms. The molecule has 1 amide bonds. The zero-order valence-electron chi connectivity index (χ0n) is 15.0. The maximum absolute atomic E-state index is 12.5. The molecule has 2 atom stereocenters. The second-order valence-electron chi connectivity index (χ2n) is 7.36. The molecule has 0 aliphatic carbocycles. The number of fused-ring (bicyclic) bond motifs is 4. The van der Waals surface area contributed by atoms with Gasteiger partial charge in [0.2, 0.25) is 5.91 Å². The molecule has 2 aromatic rings. The van der Waals surface area contributed by atoms with E-state index in [-0.39, 0.29) is 29.6 Å². The number of benzene rings is 1. The van der Waals surface area contributed by atoms with Gasteiger partial charge in [-0.25, -0.2) is 0 Å².